The molecular formula is C11H19N3O4. The highest BCUT2D eigenvalue weighted by atomic mass is 16.5. The molecule has 1 aromatic rings. The summed E-state index contributed by atoms with van der Waals surface area (Å²) in [4.78, 5) is 10.7. The minimum absolute atomic E-state index is 0.0881. The summed E-state index contributed by atoms with van der Waals surface area (Å²) in [5.74, 6) is -0.927. The average Bonchev–Trinajstić information content (AvgIpc) is 2.69. The van der Waals surface area contributed by atoms with Crippen molar-refractivity contribution in [2.24, 2.45) is 0 Å². The number of carbonyl (C=O) groups is 1. The van der Waals surface area contributed by atoms with Crippen LogP contribution in [0.15, 0.2) is 0 Å². The van der Waals surface area contributed by atoms with Gasteiger partial charge in [0.05, 0.1) is 30.5 Å². The van der Waals surface area contributed by atoms with Gasteiger partial charge in [-0.1, -0.05) is 5.21 Å². The van der Waals surface area contributed by atoms with Crippen LogP contribution in [-0.2, 0) is 27.3 Å². The van der Waals surface area contributed by atoms with Crippen molar-refractivity contribution in [2.45, 2.75) is 32.4 Å². The second-order valence-electron chi connectivity index (χ2n) is 4.06. The van der Waals surface area contributed by atoms with E-state index >= 15 is 0 Å². The molecule has 0 saturated heterocycles. The van der Waals surface area contributed by atoms with E-state index in [0.29, 0.717) is 24.6 Å². The largest absolute Gasteiger partial charge is 0.481 e. The average molecular weight is 257 g/mol. The van der Waals surface area contributed by atoms with Crippen molar-refractivity contribution in [3.8, 4) is 0 Å². The molecule has 0 aromatic carbocycles. The summed E-state index contributed by atoms with van der Waals surface area (Å²) in [6.45, 7) is 2.89. The van der Waals surface area contributed by atoms with E-state index in [4.69, 9.17) is 14.6 Å². The molecule has 1 atom stereocenters. The smallest absolute Gasteiger partial charge is 0.309 e. The van der Waals surface area contributed by atoms with Crippen molar-refractivity contribution >= 4 is 5.97 Å². The first-order valence-electron chi connectivity index (χ1n) is 5.72. The zero-order valence-corrected chi connectivity index (χ0v) is 10.9. The zero-order chi connectivity index (χ0) is 13.5. The molecule has 0 aliphatic rings. The Labute approximate surface area is 106 Å². The van der Waals surface area contributed by atoms with Crippen molar-refractivity contribution in [1.82, 2.24) is 15.0 Å². The highest BCUT2D eigenvalue weighted by Gasteiger charge is 2.18. The van der Waals surface area contributed by atoms with E-state index in [-0.39, 0.29) is 12.5 Å². The molecule has 0 saturated carbocycles. The molecule has 1 N–H and O–H groups in total. The standard InChI is InChI=1S/C11H19N3O4/c1-8(4-5-17-2)14-10(7-18-3)9(12-13-14)6-11(15)16/h8H,4-7H2,1-3H3,(H,15,16). The van der Waals surface area contributed by atoms with Crippen LogP contribution in [0.5, 0.6) is 0 Å². The molecule has 0 fully saturated rings. The van der Waals surface area contributed by atoms with E-state index in [1.165, 1.54) is 0 Å². The van der Waals surface area contributed by atoms with Gasteiger partial charge in [0.2, 0.25) is 0 Å². The van der Waals surface area contributed by atoms with Gasteiger partial charge in [-0.25, -0.2) is 4.68 Å². The van der Waals surface area contributed by atoms with Gasteiger partial charge in [-0.2, -0.15) is 0 Å². The third-order valence-corrected chi connectivity index (χ3v) is 2.63. The molecule has 0 radical (unpaired) electrons. The number of carboxylic acids is 1. The zero-order valence-electron chi connectivity index (χ0n) is 10.9. The van der Waals surface area contributed by atoms with Gasteiger partial charge in [-0.3, -0.25) is 4.79 Å². The normalized spacial score (nSPS) is 12.6. The van der Waals surface area contributed by atoms with E-state index in [1.807, 2.05) is 6.92 Å². The van der Waals surface area contributed by atoms with Crippen molar-refractivity contribution in [1.29, 1.82) is 0 Å². The number of ether oxygens (including phenoxy) is 2. The van der Waals surface area contributed by atoms with Crippen LogP contribution in [0.1, 0.15) is 30.8 Å². The lowest BCUT2D eigenvalue weighted by Gasteiger charge is -2.14. The van der Waals surface area contributed by atoms with E-state index in [1.54, 1.807) is 18.9 Å². The molecule has 102 valence electrons. The fourth-order valence-electron chi connectivity index (χ4n) is 1.68. The van der Waals surface area contributed by atoms with Gasteiger partial charge in [0.1, 0.15) is 0 Å². The van der Waals surface area contributed by atoms with Crippen LogP contribution in [0.3, 0.4) is 0 Å². The van der Waals surface area contributed by atoms with Gasteiger partial charge in [-0.15, -0.1) is 5.10 Å². The first-order chi connectivity index (χ1) is 8.60. The van der Waals surface area contributed by atoms with E-state index in [9.17, 15) is 4.79 Å². The van der Waals surface area contributed by atoms with Crippen LogP contribution < -0.4 is 0 Å². The number of nitrogens with zero attached hydrogens (tertiary/aromatic N) is 3. The molecule has 1 heterocycles. The summed E-state index contributed by atoms with van der Waals surface area (Å²) in [5.41, 5.74) is 1.16. The number of aromatic nitrogens is 3. The van der Waals surface area contributed by atoms with Crippen LogP contribution in [0.2, 0.25) is 0 Å². The van der Waals surface area contributed by atoms with Gasteiger partial charge in [0.25, 0.3) is 0 Å². The maximum Gasteiger partial charge on any atom is 0.309 e. The molecule has 1 unspecified atom stereocenters. The van der Waals surface area contributed by atoms with Gasteiger partial charge >= 0.3 is 5.97 Å². The quantitative estimate of drug-likeness (QED) is 0.735. The number of methoxy groups -OCH3 is 2. The molecule has 0 amide bonds. The Kier molecular flexibility index (Phi) is 5.73. The summed E-state index contributed by atoms with van der Waals surface area (Å²) in [6, 6.07) is 0.0881. The maximum absolute atomic E-state index is 10.7. The van der Waals surface area contributed by atoms with Crippen molar-refractivity contribution in [2.75, 3.05) is 20.8 Å². The summed E-state index contributed by atoms with van der Waals surface area (Å²) in [7, 11) is 3.20. The monoisotopic (exact) mass is 257 g/mol. The second kappa shape index (κ2) is 7.07. The van der Waals surface area contributed by atoms with Crippen LogP contribution >= 0.6 is 0 Å². The van der Waals surface area contributed by atoms with E-state index in [2.05, 4.69) is 10.3 Å². The Hall–Kier alpha value is -1.47. The fraction of sp³-hybridized carbons (Fsp3) is 0.727. The Balaban J connectivity index is 2.89. The van der Waals surface area contributed by atoms with E-state index < -0.39 is 5.97 Å². The SMILES string of the molecule is COCCC(C)n1nnc(CC(=O)O)c1COC. The molecule has 0 aliphatic heterocycles. The van der Waals surface area contributed by atoms with Crippen molar-refractivity contribution in [3.05, 3.63) is 11.4 Å². The lowest BCUT2D eigenvalue weighted by Crippen LogP contribution is -2.14. The number of aliphatic carboxylic acids is 1. The van der Waals surface area contributed by atoms with E-state index in [0.717, 1.165) is 6.42 Å². The molecule has 0 aliphatic carbocycles. The Bertz CT molecular complexity index is 392. The summed E-state index contributed by atoms with van der Waals surface area (Å²) in [6.07, 6.45) is 0.638. The fourth-order valence-corrected chi connectivity index (χ4v) is 1.68. The van der Waals surface area contributed by atoms with Crippen molar-refractivity contribution in [3.63, 3.8) is 0 Å². The number of rotatable bonds is 8. The highest BCUT2D eigenvalue weighted by molar-refractivity contribution is 5.69. The molecule has 1 aromatic heterocycles. The third-order valence-electron chi connectivity index (χ3n) is 2.63. The predicted octanol–water partition coefficient (Wildman–Crippen LogP) is 0.649. The minimum Gasteiger partial charge on any atom is -0.481 e. The number of hydrogen-bond donors (Lipinski definition) is 1. The lowest BCUT2D eigenvalue weighted by molar-refractivity contribution is -0.136. The summed E-state index contributed by atoms with van der Waals surface area (Å²) >= 11 is 0. The molecule has 0 spiro atoms. The third kappa shape index (κ3) is 3.78. The van der Waals surface area contributed by atoms with Crippen molar-refractivity contribution < 1.29 is 19.4 Å². The van der Waals surface area contributed by atoms with Crippen LogP contribution in [0.25, 0.3) is 0 Å². The number of carboxylic acid groups (broad SMARTS) is 1. The predicted molar refractivity (Wildman–Crippen MR) is 63.3 cm³/mol. The first kappa shape index (κ1) is 14.6. The molecule has 0 bridgehead atoms. The Morgan fingerprint density at radius 3 is 2.72 bits per heavy atom. The van der Waals surface area contributed by atoms with Gasteiger partial charge in [-0.05, 0) is 13.3 Å². The lowest BCUT2D eigenvalue weighted by atomic mass is 10.2. The molecule has 7 nitrogen and oxygen atoms in total. The molecular weight excluding hydrogens is 238 g/mol. The topological polar surface area (TPSA) is 86.5 Å². The van der Waals surface area contributed by atoms with Gasteiger partial charge in [0.15, 0.2) is 0 Å². The maximum atomic E-state index is 10.7. The van der Waals surface area contributed by atoms with Gasteiger partial charge in [0, 0.05) is 20.8 Å². The Morgan fingerprint density at radius 2 is 2.17 bits per heavy atom. The van der Waals surface area contributed by atoms with Crippen LogP contribution in [-0.4, -0.2) is 46.9 Å². The number of hydrogen-bond acceptors (Lipinski definition) is 5. The van der Waals surface area contributed by atoms with Crippen LogP contribution in [0, 0.1) is 0 Å². The second-order valence-corrected chi connectivity index (χ2v) is 4.06. The first-order valence-corrected chi connectivity index (χ1v) is 5.72. The molecule has 7 heteroatoms. The summed E-state index contributed by atoms with van der Waals surface area (Å²) < 4.78 is 11.8. The molecule has 1 rings (SSSR count). The molecule has 18 heavy (non-hydrogen) atoms. The Morgan fingerprint density at radius 1 is 1.44 bits per heavy atom. The van der Waals surface area contributed by atoms with Gasteiger partial charge < -0.3 is 14.6 Å². The van der Waals surface area contributed by atoms with Crippen LogP contribution in [0.4, 0.5) is 0 Å². The highest BCUT2D eigenvalue weighted by Crippen LogP contribution is 2.16. The summed E-state index contributed by atoms with van der Waals surface area (Å²) in [5, 5.41) is 16.7. The minimum atomic E-state index is -0.927.